The van der Waals surface area contributed by atoms with Crippen LogP contribution in [0, 0.1) is 0 Å². The zero-order chi connectivity index (χ0) is 52.0. The second kappa shape index (κ2) is 61.9. The summed E-state index contributed by atoms with van der Waals surface area (Å²) < 4.78 is 10.7. The summed E-state index contributed by atoms with van der Waals surface area (Å²) in [4.78, 5) is 24.5. The van der Waals surface area contributed by atoms with Gasteiger partial charge >= 0.3 is 11.9 Å². The van der Waals surface area contributed by atoms with Crippen molar-refractivity contribution in [3.63, 3.8) is 0 Å². The lowest BCUT2D eigenvalue weighted by atomic mass is 10.0. The Morgan fingerprint density at radius 3 is 0.903 bits per heavy atom. The first-order valence-corrected chi connectivity index (χ1v) is 30.4. The predicted molar refractivity (Wildman–Crippen MR) is 315 cm³/mol. The van der Waals surface area contributed by atoms with Gasteiger partial charge in [0.2, 0.25) is 0 Å². The van der Waals surface area contributed by atoms with Crippen LogP contribution in [0.5, 0.6) is 0 Å². The van der Waals surface area contributed by atoms with Crippen molar-refractivity contribution in [2.24, 2.45) is 0 Å². The topological polar surface area (TPSA) is 72.8 Å². The zero-order valence-electron chi connectivity index (χ0n) is 47.2. The highest BCUT2D eigenvalue weighted by atomic mass is 16.6. The number of ether oxygens (including phenoxy) is 2. The van der Waals surface area contributed by atoms with E-state index in [1.165, 1.54) is 161 Å². The van der Waals surface area contributed by atoms with E-state index in [4.69, 9.17) is 9.47 Å². The highest BCUT2D eigenvalue weighted by Gasteiger charge is 2.16. The van der Waals surface area contributed by atoms with Gasteiger partial charge in [0.05, 0.1) is 6.61 Å². The maximum atomic E-state index is 12.3. The molecule has 1 unspecified atom stereocenters. The highest BCUT2D eigenvalue weighted by Crippen LogP contribution is 2.16. The Morgan fingerprint density at radius 1 is 0.333 bits per heavy atom. The molecule has 0 radical (unpaired) electrons. The molecule has 1 N–H and O–H groups in total. The summed E-state index contributed by atoms with van der Waals surface area (Å²) >= 11 is 0. The molecule has 0 aromatic rings. The molecule has 0 amide bonds. The van der Waals surface area contributed by atoms with Crippen molar-refractivity contribution in [3.05, 3.63) is 109 Å². The molecule has 0 aliphatic carbocycles. The summed E-state index contributed by atoms with van der Waals surface area (Å²) in [6.45, 7) is 4.05. The van der Waals surface area contributed by atoms with Gasteiger partial charge in [-0.05, 0) is 83.5 Å². The lowest BCUT2D eigenvalue weighted by Crippen LogP contribution is -2.28. The van der Waals surface area contributed by atoms with E-state index in [2.05, 4.69) is 123 Å². The number of rotatable bonds is 55. The van der Waals surface area contributed by atoms with Gasteiger partial charge in [0.25, 0.3) is 0 Å². The largest absolute Gasteiger partial charge is 0.462 e. The third kappa shape index (κ3) is 59.1. The Bertz CT molecular complexity index is 1410. The first-order chi connectivity index (χ1) is 35.6. The van der Waals surface area contributed by atoms with E-state index in [1.807, 2.05) is 0 Å². The molecule has 0 rings (SSSR count). The van der Waals surface area contributed by atoms with Crippen molar-refractivity contribution in [1.82, 2.24) is 0 Å². The lowest BCUT2D eigenvalue weighted by Gasteiger charge is -2.15. The molecule has 0 fully saturated rings. The van der Waals surface area contributed by atoms with Gasteiger partial charge in [-0.3, -0.25) is 9.59 Å². The molecule has 0 saturated heterocycles. The summed E-state index contributed by atoms with van der Waals surface area (Å²) in [6.07, 6.45) is 89.3. The van der Waals surface area contributed by atoms with Crippen LogP contribution < -0.4 is 0 Å². The van der Waals surface area contributed by atoms with Gasteiger partial charge in [-0.2, -0.15) is 0 Å². The molecule has 0 spiro atoms. The average Bonchev–Trinajstić information content (AvgIpc) is 3.38. The van der Waals surface area contributed by atoms with Gasteiger partial charge in [-0.15, -0.1) is 0 Å². The van der Waals surface area contributed by atoms with Crippen molar-refractivity contribution < 1.29 is 24.2 Å². The van der Waals surface area contributed by atoms with Crippen LogP contribution in [0.4, 0.5) is 0 Å². The number of carbonyl (C=O) groups excluding carboxylic acids is 2. The summed E-state index contributed by atoms with van der Waals surface area (Å²) in [7, 11) is 0. The van der Waals surface area contributed by atoms with E-state index in [0.717, 1.165) is 96.3 Å². The Balaban J connectivity index is 3.52. The third-order valence-corrected chi connectivity index (χ3v) is 13.1. The summed E-state index contributed by atoms with van der Waals surface area (Å²) in [5, 5.41) is 9.65. The smallest absolute Gasteiger partial charge is 0.306 e. The zero-order valence-corrected chi connectivity index (χ0v) is 47.2. The third-order valence-electron chi connectivity index (χ3n) is 13.1. The van der Waals surface area contributed by atoms with Crippen LogP contribution in [0.15, 0.2) is 109 Å². The molecular weight excluding hydrogens is 885 g/mol. The number of aliphatic hydroxyl groups excluding tert-OH is 1. The number of hydrogen-bond acceptors (Lipinski definition) is 5. The average molecular weight is 1000 g/mol. The Morgan fingerprint density at radius 2 is 0.597 bits per heavy atom. The molecule has 412 valence electrons. The minimum absolute atomic E-state index is 0.0660. The highest BCUT2D eigenvalue weighted by molar-refractivity contribution is 5.70. The van der Waals surface area contributed by atoms with Gasteiger partial charge in [-0.1, -0.05) is 297 Å². The molecule has 5 heteroatoms. The van der Waals surface area contributed by atoms with Crippen molar-refractivity contribution in [2.45, 2.75) is 290 Å². The van der Waals surface area contributed by atoms with Crippen LogP contribution in [-0.4, -0.2) is 36.4 Å². The fourth-order valence-corrected chi connectivity index (χ4v) is 8.55. The molecular formula is C67H114O5. The fourth-order valence-electron chi connectivity index (χ4n) is 8.55. The Kier molecular flexibility index (Phi) is 58.9. The van der Waals surface area contributed by atoms with Crippen LogP contribution in [0.25, 0.3) is 0 Å². The van der Waals surface area contributed by atoms with Gasteiger partial charge in [0, 0.05) is 12.8 Å². The predicted octanol–water partition coefficient (Wildman–Crippen LogP) is 20.9. The van der Waals surface area contributed by atoms with Gasteiger partial charge in [0.1, 0.15) is 6.61 Å². The quantitative estimate of drug-likeness (QED) is 0.0373. The fraction of sp³-hybridized carbons (Fsp3) is 0.701. The molecule has 0 heterocycles. The summed E-state index contributed by atoms with van der Waals surface area (Å²) in [5.74, 6) is -0.584. The van der Waals surface area contributed by atoms with Crippen LogP contribution in [0.1, 0.15) is 284 Å². The van der Waals surface area contributed by atoms with Crippen LogP contribution >= 0.6 is 0 Å². The van der Waals surface area contributed by atoms with Crippen LogP contribution in [0.2, 0.25) is 0 Å². The molecule has 0 aliphatic rings. The standard InChI is InChI=1S/C67H114O5/c1-3-5-7-9-11-13-15-17-19-21-22-23-24-25-26-27-28-29-30-31-32-33-34-35-36-37-38-39-40-41-42-43-44-46-48-50-52-54-56-58-60-62-67(70)72-65(63-68)64-71-66(69)61-59-57-55-53-51-49-47-45-20-18-16-14-12-10-8-6-4-2/h5,7,11,13,17,19,22-23,25-26,28-29,31-32,34-35,37-38,65,68H,3-4,6,8-10,12,14-16,18,20-21,24,27,30,33,36,39-64H2,1-2H3/b7-5-,13-11-,19-17-,23-22-,26-25-,29-28-,32-31-,35-34-,38-37-. The Hall–Kier alpha value is -3.44. The normalized spacial score (nSPS) is 13.0. The van der Waals surface area contributed by atoms with Crippen molar-refractivity contribution >= 4 is 11.9 Å². The number of carbonyl (C=O) groups is 2. The number of esters is 2. The number of unbranched alkanes of at least 4 members (excludes halogenated alkanes) is 29. The SMILES string of the molecule is CC/C=C\C/C=C\C/C=C\C/C=C\C/C=C\C/C=C\C/C=C\C/C=C\C/C=C\CCCCCCCCCCCCCCCC(=O)OC(CO)COC(=O)CCCCCCCCCCCCCCCCCCC. The van der Waals surface area contributed by atoms with Gasteiger partial charge in [0.15, 0.2) is 6.10 Å². The Labute approximate surface area is 446 Å². The van der Waals surface area contributed by atoms with Gasteiger partial charge in [-0.25, -0.2) is 0 Å². The second-order valence-electron chi connectivity index (χ2n) is 20.1. The first kappa shape index (κ1) is 68.6. The molecule has 72 heavy (non-hydrogen) atoms. The number of hydrogen-bond donors (Lipinski definition) is 1. The van der Waals surface area contributed by atoms with Crippen LogP contribution in [-0.2, 0) is 19.1 Å². The van der Waals surface area contributed by atoms with Gasteiger partial charge < -0.3 is 14.6 Å². The number of aliphatic hydroxyl groups is 1. The van der Waals surface area contributed by atoms with E-state index in [-0.39, 0.29) is 25.2 Å². The summed E-state index contributed by atoms with van der Waals surface area (Å²) in [5.41, 5.74) is 0. The maximum absolute atomic E-state index is 12.3. The van der Waals surface area contributed by atoms with Crippen molar-refractivity contribution in [3.8, 4) is 0 Å². The molecule has 0 aromatic heterocycles. The van der Waals surface area contributed by atoms with Crippen LogP contribution in [0.3, 0.4) is 0 Å². The van der Waals surface area contributed by atoms with E-state index >= 15 is 0 Å². The molecule has 0 aromatic carbocycles. The monoisotopic (exact) mass is 999 g/mol. The van der Waals surface area contributed by atoms with E-state index < -0.39 is 6.10 Å². The van der Waals surface area contributed by atoms with E-state index in [9.17, 15) is 14.7 Å². The second-order valence-corrected chi connectivity index (χ2v) is 20.1. The maximum Gasteiger partial charge on any atom is 0.306 e. The lowest BCUT2D eigenvalue weighted by molar-refractivity contribution is -0.161. The molecule has 0 aliphatic heterocycles. The molecule has 0 saturated carbocycles. The van der Waals surface area contributed by atoms with E-state index in [1.54, 1.807) is 0 Å². The summed E-state index contributed by atoms with van der Waals surface area (Å²) in [6, 6.07) is 0. The first-order valence-electron chi connectivity index (χ1n) is 30.4. The van der Waals surface area contributed by atoms with Crippen molar-refractivity contribution in [1.29, 1.82) is 0 Å². The minimum atomic E-state index is -0.775. The van der Waals surface area contributed by atoms with Crippen molar-refractivity contribution in [2.75, 3.05) is 13.2 Å². The minimum Gasteiger partial charge on any atom is -0.462 e. The number of allylic oxidation sites excluding steroid dienone is 18. The molecule has 5 nitrogen and oxygen atoms in total. The molecule has 0 bridgehead atoms. The molecule has 1 atom stereocenters. The van der Waals surface area contributed by atoms with E-state index in [0.29, 0.717) is 12.8 Å².